The van der Waals surface area contributed by atoms with Gasteiger partial charge in [0, 0.05) is 34.5 Å². The summed E-state index contributed by atoms with van der Waals surface area (Å²) < 4.78 is 0.863. The number of aromatic nitrogens is 3. The van der Waals surface area contributed by atoms with E-state index in [9.17, 15) is 25.2 Å². The summed E-state index contributed by atoms with van der Waals surface area (Å²) in [7, 11) is 0. The number of aryl methyl sites for hydroxylation is 3. The number of H-pyrrole nitrogens is 1. The van der Waals surface area contributed by atoms with Crippen LogP contribution in [-0.4, -0.2) is 20.1 Å². The van der Waals surface area contributed by atoms with Gasteiger partial charge in [0.05, 0.1) is 10.9 Å². The number of rotatable bonds is 4. The van der Waals surface area contributed by atoms with Crippen molar-refractivity contribution in [1.82, 2.24) is 15.0 Å². The van der Waals surface area contributed by atoms with E-state index in [1.807, 2.05) is 12.1 Å². The summed E-state index contributed by atoms with van der Waals surface area (Å²) in [5.41, 5.74) is 8.14. The molecule has 8 aromatic rings. The molecule has 0 radical (unpaired) electrons. The monoisotopic (exact) mass is 897 g/mol. The Hall–Kier alpha value is -2.39. The molecule has 0 fully saturated rings. The third kappa shape index (κ3) is 8.76. The zero-order valence-electron chi connectivity index (χ0n) is 33.3. The Morgan fingerprint density at radius 1 is 0.650 bits per heavy atom. The van der Waals surface area contributed by atoms with Gasteiger partial charge in [-0.15, -0.1) is 22.7 Å². The molecule has 5 heterocycles. The van der Waals surface area contributed by atoms with E-state index in [0.29, 0.717) is 41.1 Å². The predicted molar refractivity (Wildman–Crippen MR) is 225 cm³/mol. The van der Waals surface area contributed by atoms with Crippen molar-refractivity contribution >= 4 is 66.3 Å². The van der Waals surface area contributed by atoms with Crippen LogP contribution < -0.4 is 110 Å². The third-order valence-corrected chi connectivity index (χ3v) is 13.5. The van der Waals surface area contributed by atoms with Crippen LogP contribution in [0.15, 0.2) is 90.0 Å². The summed E-state index contributed by atoms with van der Waals surface area (Å²) in [5, 5.41) is 51.0. The van der Waals surface area contributed by atoms with Crippen molar-refractivity contribution in [2.45, 2.75) is 51.4 Å². The van der Waals surface area contributed by atoms with E-state index in [4.69, 9.17) is 23.2 Å². The van der Waals surface area contributed by atoms with Crippen LogP contribution >= 0.6 is 45.9 Å². The molecular formula is C45H32Cl2N3Na3O5S2. The fourth-order valence-corrected chi connectivity index (χ4v) is 10.9. The van der Waals surface area contributed by atoms with Gasteiger partial charge in [0.2, 0.25) is 0 Å². The minimum absolute atomic E-state index is 0. The second kappa shape index (κ2) is 20.0. The van der Waals surface area contributed by atoms with Crippen LogP contribution in [0.4, 0.5) is 0 Å². The van der Waals surface area contributed by atoms with Crippen LogP contribution in [0, 0.1) is 0 Å². The molecule has 2 aliphatic rings. The largest absolute Gasteiger partial charge is 1.00 e. The molecule has 5 aromatic heterocycles. The Morgan fingerprint density at radius 3 is 2.05 bits per heavy atom. The molecule has 286 valence electrons. The standard InChI is InChI=1S/C23H18ClNO3S.C22H17ClN2O2S.3Na/c24-21-17(15-11-10-12-6-4-5-9-14(12)19(15)26)18-20(27)16(13-7-2-1-3-8-13)22(28)25-23(18)29-21;23-20-16(14-8-7-12-4-1-2-5-13(12)10-14)18-19(26)17(15-6-3-9-24-11-15)21(27)25-22(18)28-20;;;/h1-3,7-8,10-11,26H,4-6,9H2,(H2,25,27,28);3,6-11H,1-2,4-5H2,(H2,25,26,27);;;/q;;3*+1/p-3. The minimum Gasteiger partial charge on any atom is -0.872 e. The van der Waals surface area contributed by atoms with E-state index >= 15 is 0 Å². The van der Waals surface area contributed by atoms with Crippen LogP contribution in [0.1, 0.15) is 47.9 Å². The first-order valence-electron chi connectivity index (χ1n) is 18.7. The van der Waals surface area contributed by atoms with Gasteiger partial charge in [-0.3, -0.25) is 14.8 Å². The zero-order valence-corrected chi connectivity index (χ0v) is 42.4. The van der Waals surface area contributed by atoms with Crippen molar-refractivity contribution < 1.29 is 109 Å². The van der Waals surface area contributed by atoms with E-state index in [1.165, 1.54) is 35.3 Å². The Balaban J connectivity index is 0.000000192. The fraction of sp³-hybridized carbons (Fsp3) is 0.178. The normalized spacial score (nSPS) is 12.9. The molecule has 0 bridgehead atoms. The molecule has 60 heavy (non-hydrogen) atoms. The third-order valence-electron chi connectivity index (χ3n) is 10.9. The van der Waals surface area contributed by atoms with Crippen LogP contribution in [0.25, 0.3) is 64.9 Å². The first-order chi connectivity index (χ1) is 27.7. The van der Waals surface area contributed by atoms with Crippen LogP contribution in [0.5, 0.6) is 23.1 Å². The summed E-state index contributed by atoms with van der Waals surface area (Å²) in [6.07, 6.45) is 11.5. The number of halogens is 2. The number of fused-ring (bicyclic) bond motifs is 4. The van der Waals surface area contributed by atoms with Crippen molar-refractivity contribution in [2.24, 2.45) is 0 Å². The van der Waals surface area contributed by atoms with Crippen LogP contribution in [0.3, 0.4) is 0 Å². The molecule has 0 saturated carbocycles. The maximum atomic E-state index is 13.4. The first-order valence-corrected chi connectivity index (χ1v) is 21.1. The first kappa shape index (κ1) is 47.1. The van der Waals surface area contributed by atoms with E-state index in [0.717, 1.165) is 72.1 Å². The molecule has 2 aliphatic carbocycles. The Morgan fingerprint density at radius 2 is 1.32 bits per heavy atom. The maximum absolute atomic E-state index is 13.4. The number of hydrogen-bond donors (Lipinski definition) is 2. The smallest absolute Gasteiger partial charge is 0.872 e. The number of aromatic hydroxyl groups is 1. The summed E-state index contributed by atoms with van der Waals surface area (Å²) >= 11 is 15.4. The maximum Gasteiger partial charge on any atom is 1.00 e. The molecule has 10 rings (SSSR count). The van der Waals surface area contributed by atoms with E-state index in [1.54, 1.807) is 54.9 Å². The summed E-state index contributed by atoms with van der Waals surface area (Å²) in [5.74, 6) is -1.13. The number of hydrogen-bond acceptors (Lipinski definition) is 9. The molecule has 0 saturated heterocycles. The van der Waals surface area contributed by atoms with Crippen LogP contribution in [-0.2, 0) is 25.7 Å². The van der Waals surface area contributed by atoms with E-state index in [2.05, 4.69) is 33.2 Å². The van der Waals surface area contributed by atoms with Gasteiger partial charge >= 0.3 is 88.7 Å². The van der Waals surface area contributed by atoms with Gasteiger partial charge in [0.25, 0.3) is 5.56 Å². The SMILES string of the molecule is O=c1[nH]c2sc(Cl)c(-c3ccc4c(c3)CCCC4)c2c(O)c1-c1cccnc1.[Na+].[Na+].[Na+].[O-]c1nc2sc(Cl)c(-c3ccc4c(c3[O-])CCCC4)c2c([O-])c1-c1ccccc1. The number of nitrogens with zero attached hydrogens (tertiary/aromatic N) is 2. The van der Waals surface area contributed by atoms with Gasteiger partial charge in [-0.1, -0.05) is 107 Å². The van der Waals surface area contributed by atoms with Gasteiger partial charge < -0.3 is 25.4 Å². The van der Waals surface area contributed by atoms with Crippen LogP contribution in [0.2, 0.25) is 8.67 Å². The molecule has 3 aromatic carbocycles. The Kier molecular flexibility index (Phi) is 15.7. The summed E-state index contributed by atoms with van der Waals surface area (Å²) in [6.45, 7) is 0. The summed E-state index contributed by atoms with van der Waals surface area (Å²) in [6, 6.07) is 22.4. The summed E-state index contributed by atoms with van der Waals surface area (Å²) in [4.78, 5) is 24.5. The number of aromatic amines is 1. The Labute approximate surface area is 430 Å². The van der Waals surface area contributed by atoms with Crippen molar-refractivity contribution in [2.75, 3.05) is 0 Å². The number of nitrogens with one attached hydrogen (secondary N) is 1. The van der Waals surface area contributed by atoms with Gasteiger partial charge in [0.1, 0.15) is 24.1 Å². The van der Waals surface area contributed by atoms with Gasteiger partial charge in [-0.05, 0) is 102 Å². The second-order valence-corrected chi connectivity index (χ2v) is 17.5. The van der Waals surface area contributed by atoms with E-state index in [-0.39, 0.29) is 127 Å². The molecule has 0 atom stereocenters. The van der Waals surface area contributed by atoms with Gasteiger partial charge in [-0.2, -0.15) is 0 Å². The molecule has 2 N–H and O–H groups in total. The zero-order chi connectivity index (χ0) is 39.4. The van der Waals surface area contributed by atoms with Crippen molar-refractivity contribution in [3.63, 3.8) is 0 Å². The molecule has 0 aliphatic heterocycles. The second-order valence-electron chi connectivity index (χ2n) is 14.3. The predicted octanol–water partition coefficient (Wildman–Crippen LogP) is 0.952. The van der Waals surface area contributed by atoms with Gasteiger partial charge in [-0.25, -0.2) is 0 Å². The Bertz CT molecular complexity index is 2930. The van der Waals surface area contributed by atoms with Crippen molar-refractivity contribution in [3.05, 3.63) is 126 Å². The fourth-order valence-electron chi connectivity index (χ4n) is 8.18. The topological polar surface area (TPSA) is 148 Å². The van der Waals surface area contributed by atoms with Crippen molar-refractivity contribution in [3.8, 4) is 67.6 Å². The van der Waals surface area contributed by atoms with Crippen molar-refractivity contribution in [1.29, 1.82) is 0 Å². The number of pyridine rings is 3. The minimum atomic E-state index is -0.578. The molecule has 0 spiro atoms. The average molecular weight is 899 g/mol. The molecular weight excluding hydrogens is 867 g/mol. The number of benzene rings is 3. The molecule has 0 amide bonds. The molecule has 15 heteroatoms. The van der Waals surface area contributed by atoms with Gasteiger partial charge in [0.15, 0.2) is 0 Å². The average Bonchev–Trinajstić information content (AvgIpc) is 3.74. The van der Waals surface area contributed by atoms with E-state index < -0.39 is 11.6 Å². The quantitative estimate of drug-likeness (QED) is 0.250. The molecule has 8 nitrogen and oxygen atoms in total. The number of thiophene rings is 2. The molecule has 0 unspecified atom stereocenters.